The van der Waals surface area contributed by atoms with E-state index in [-0.39, 0.29) is 0 Å². The fourth-order valence-electron chi connectivity index (χ4n) is 4.31. The maximum atomic E-state index is 5.65. The van der Waals surface area contributed by atoms with E-state index in [9.17, 15) is 0 Å². The summed E-state index contributed by atoms with van der Waals surface area (Å²) in [4.78, 5) is 9.63. The Balaban J connectivity index is 1.58. The van der Waals surface area contributed by atoms with Crippen LogP contribution < -0.4 is 19.5 Å². The SMILES string of the molecule is CCCC1CC1NC(=NCC)N1CCN(Cc2ccc(OC)c(OC)c2OC)CC1. The largest absolute Gasteiger partial charge is 0.493 e. The Kier molecular flexibility index (Phi) is 8.08. The molecule has 2 aliphatic rings. The highest BCUT2D eigenvalue weighted by Gasteiger charge is 2.37. The van der Waals surface area contributed by atoms with Crippen LogP contribution in [-0.2, 0) is 6.54 Å². The Labute approximate surface area is 181 Å². The Bertz CT molecular complexity index is 717. The number of hydrogen-bond donors (Lipinski definition) is 1. The Morgan fingerprint density at radius 3 is 2.37 bits per heavy atom. The molecular formula is C23H38N4O3. The molecule has 1 saturated heterocycles. The van der Waals surface area contributed by atoms with E-state index in [4.69, 9.17) is 19.2 Å². The molecule has 168 valence electrons. The molecule has 0 bridgehead atoms. The van der Waals surface area contributed by atoms with E-state index in [1.165, 1.54) is 19.3 Å². The highest BCUT2D eigenvalue weighted by molar-refractivity contribution is 5.80. The van der Waals surface area contributed by atoms with Gasteiger partial charge in [-0.3, -0.25) is 9.89 Å². The quantitative estimate of drug-likeness (QED) is 0.491. The molecule has 7 heteroatoms. The zero-order valence-corrected chi connectivity index (χ0v) is 19.2. The first kappa shape index (κ1) is 22.5. The van der Waals surface area contributed by atoms with Crippen LogP contribution in [0.25, 0.3) is 0 Å². The van der Waals surface area contributed by atoms with Gasteiger partial charge in [0, 0.05) is 50.9 Å². The van der Waals surface area contributed by atoms with Crippen LogP contribution in [0.2, 0.25) is 0 Å². The maximum Gasteiger partial charge on any atom is 0.203 e. The number of guanidine groups is 1. The van der Waals surface area contributed by atoms with Crippen molar-refractivity contribution in [1.29, 1.82) is 0 Å². The molecule has 0 aromatic heterocycles. The molecule has 7 nitrogen and oxygen atoms in total. The van der Waals surface area contributed by atoms with Crippen molar-refractivity contribution in [2.24, 2.45) is 10.9 Å². The molecule has 1 aromatic carbocycles. The lowest BCUT2D eigenvalue weighted by molar-refractivity contribution is 0.170. The normalized spacial score (nSPS) is 22.0. The van der Waals surface area contributed by atoms with Crippen LogP contribution in [0, 0.1) is 5.92 Å². The number of nitrogens with one attached hydrogen (secondary N) is 1. The molecule has 30 heavy (non-hydrogen) atoms. The van der Waals surface area contributed by atoms with Crippen molar-refractivity contribution in [3.05, 3.63) is 17.7 Å². The van der Waals surface area contributed by atoms with Gasteiger partial charge in [-0.2, -0.15) is 0 Å². The lowest BCUT2D eigenvalue weighted by Gasteiger charge is -2.37. The van der Waals surface area contributed by atoms with E-state index in [1.54, 1.807) is 21.3 Å². The van der Waals surface area contributed by atoms with Crippen LogP contribution in [0.1, 0.15) is 38.7 Å². The van der Waals surface area contributed by atoms with Gasteiger partial charge in [0.2, 0.25) is 5.75 Å². The molecule has 0 amide bonds. The standard InChI is InChI=1S/C23H38N4O3/c1-6-8-17-15-19(17)25-23(24-7-2)27-13-11-26(12-14-27)16-18-9-10-20(28-3)22(30-5)21(18)29-4/h9-10,17,19H,6-8,11-16H2,1-5H3,(H,24,25). The number of nitrogens with zero attached hydrogens (tertiary/aromatic N) is 3. The average Bonchev–Trinajstić information content (AvgIpc) is 3.51. The lowest BCUT2D eigenvalue weighted by atomic mass is 10.1. The predicted octanol–water partition coefficient (Wildman–Crippen LogP) is 2.98. The molecular weight excluding hydrogens is 380 g/mol. The Morgan fingerprint density at radius 1 is 1.03 bits per heavy atom. The first-order valence-electron chi connectivity index (χ1n) is 11.2. The van der Waals surface area contributed by atoms with Crippen LogP contribution in [0.15, 0.2) is 17.1 Å². The van der Waals surface area contributed by atoms with Gasteiger partial charge < -0.3 is 24.4 Å². The number of hydrogen-bond acceptors (Lipinski definition) is 5. The molecule has 1 saturated carbocycles. The maximum absolute atomic E-state index is 5.65. The van der Waals surface area contributed by atoms with Crippen molar-refractivity contribution >= 4 is 5.96 Å². The topological polar surface area (TPSA) is 58.6 Å². The monoisotopic (exact) mass is 418 g/mol. The Morgan fingerprint density at radius 2 is 1.77 bits per heavy atom. The molecule has 1 aliphatic heterocycles. The van der Waals surface area contributed by atoms with E-state index < -0.39 is 0 Å². The molecule has 1 heterocycles. The van der Waals surface area contributed by atoms with Gasteiger partial charge in [-0.15, -0.1) is 0 Å². The zero-order chi connectivity index (χ0) is 21.5. The van der Waals surface area contributed by atoms with E-state index in [0.29, 0.717) is 17.5 Å². The highest BCUT2D eigenvalue weighted by Crippen LogP contribution is 2.40. The van der Waals surface area contributed by atoms with Gasteiger partial charge in [0.25, 0.3) is 0 Å². The summed E-state index contributed by atoms with van der Waals surface area (Å²) in [6.07, 6.45) is 3.87. The minimum atomic E-state index is 0.615. The zero-order valence-electron chi connectivity index (χ0n) is 19.2. The van der Waals surface area contributed by atoms with Crippen molar-refractivity contribution in [3.8, 4) is 17.2 Å². The van der Waals surface area contributed by atoms with E-state index in [2.05, 4.69) is 35.0 Å². The number of methoxy groups -OCH3 is 3. The van der Waals surface area contributed by atoms with Crippen molar-refractivity contribution in [2.45, 2.75) is 45.7 Å². The first-order valence-corrected chi connectivity index (χ1v) is 11.2. The van der Waals surface area contributed by atoms with Crippen molar-refractivity contribution < 1.29 is 14.2 Å². The van der Waals surface area contributed by atoms with Gasteiger partial charge in [0.05, 0.1) is 21.3 Å². The highest BCUT2D eigenvalue weighted by atomic mass is 16.5. The van der Waals surface area contributed by atoms with Gasteiger partial charge in [0.1, 0.15) is 0 Å². The van der Waals surface area contributed by atoms with Crippen LogP contribution in [0.4, 0.5) is 0 Å². The smallest absolute Gasteiger partial charge is 0.203 e. The molecule has 1 aromatic rings. The van der Waals surface area contributed by atoms with Gasteiger partial charge >= 0.3 is 0 Å². The third-order valence-electron chi connectivity index (χ3n) is 6.06. The van der Waals surface area contributed by atoms with Gasteiger partial charge in [-0.05, 0) is 31.7 Å². The summed E-state index contributed by atoms with van der Waals surface area (Å²) in [5.74, 6) is 4.02. The van der Waals surface area contributed by atoms with Crippen molar-refractivity contribution in [1.82, 2.24) is 15.1 Å². The number of ether oxygens (including phenoxy) is 3. The van der Waals surface area contributed by atoms with E-state index in [0.717, 1.165) is 62.5 Å². The second kappa shape index (κ2) is 10.8. The van der Waals surface area contributed by atoms with Crippen LogP contribution in [0.5, 0.6) is 17.2 Å². The molecule has 1 aliphatic carbocycles. The van der Waals surface area contributed by atoms with Gasteiger partial charge in [-0.25, -0.2) is 0 Å². The second-order valence-electron chi connectivity index (χ2n) is 8.09. The van der Waals surface area contributed by atoms with Crippen LogP contribution in [-0.4, -0.2) is 75.9 Å². The first-order chi connectivity index (χ1) is 14.6. The van der Waals surface area contributed by atoms with E-state index in [1.807, 2.05) is 6.07 Å². The van der Waals surface area contributed by atoms with E-state index >= 15 is 0 Å². The molecule has 1 N–H and O–H groups in total. The minimum Gasteiger partial charge on any atom is -0.493 e. The number of rotatable bonds is 9. The number of benzene rings is 1. The third kappa shape index (κ3) is 5.31. The van der Waals surface area contributed by atoms with Crippen LogP contribution >= 0.6 is 0 Å². The summed E-state index contributed by atoms with van der Waals surface area (Å²) in [5.41, 5.74) is 1.12. The third-order valence-corrected chi connectivity index (χ3v) is 6.06. The molecule has 2 unspecified atom stereocenters. The molecule has 2 atom stereocenters. The minimum absolute atomic E-state index is 0.615. The van der Waals surface area contributed by atoms with Gasteiger partial charge in [-0.1, -0.05) is 19.4 Å². The summed E-state index contributed by atoms with van der Waals surface area (Å²) in [5, 5.41) is 3.71. The van der Waals surface area contributed by atoms with Crippen molar-refractivity contribution in [2.75, 3.05) is 54.1 Å². The van der Waals surface area contributed by atoms with Gasteiger partial charge in [0.15, 0.2) is 17.5 Å². The summed E-state index contributed by atoms with van der Waals surface area (Å²) < 4.78 is 16.6. The summed E-state index contributed by atoms with van der Waals surface area (Å²) in [6.45, 7) is 9.96. The predicted molar refractivity (Wildman–Crippen MR) is 121 cm³/mol. The number of piperazine rings is 1. The molecule has 2 fully saturated rings. The fraction of sp³-hybridized carbons (Fsp3) is 0.696. The molecule has 0 spiro atoms. The summed E-state index contributed by atoms with van der Waals surface area (Å²) in [7, 11) is 4.97. The summed E-state index contributed by atoms with van der Waals surface area (Å²) >= 11 is 0. The fourth-order valence-corrected chi connectivity index (χ4v) is 4.31. The Hall–Kier alpha value is -2.15. The van der Waals surface area contributed by atoms with Crippen LogP contribution in [0.3, 0.4) is 0 Å². The second-order valence-corrected chi connectivity index (χ2v) is 8.09. The summed E-state index contributed by atoms with van der Waals surface area (Å²) in [6, 6.07) is 4.63. The molecule has 3 rings (SSSR count). The lowest BCUT2D eigenvalue weighted by Crippen LogP contribution is -2.52. The average molecular weight is 419 g/mol. The van der Waals surface area contributed by atoms with Crippen molar-refractivity contribution in [3.63, 3.8) is 0 Å². The number of aliphatic imine (C=N–C) groups is 1. The molecule has 0 radical (unpaired) electrons.